The quantitative estimate of drug-likeness (QED) is 0.778. The van der Waals surface area contributed by atoms with Crippen LogP contribution in [0.4, 0.5) is 4.79 Å². The van der Waals surface area contributed by atoms with Crippen LogP contribution in [0, 0.1) is 0 Å². The summed E-state index contributed by atoms with van der Waals surface area (Å²) in [6, 6.07) is 17.5. The second-order valence-corrected chi connectivity index (χ2v) is 6.85. The minimum atomic E-state index is -0.742. The van der Waals surface area contributed by atoms with Gasteiger partial charge in [-0.3, -0.25) is 0 Å². The maximum Gasteiger partial charge on any atom is 0.338 e. The van der Waals surface area contributed by atoms with Gasteiger partial charge in [-0.15, -0.1) is 0 Å². The van der Waals surface area contributed by atoms with Crippen molar-refractivity contribution in [1.29, 1.82) is 0 Å². The molecule has 0 aromatic heterocycles. The molecule has 7 heteroatoms. The maximum absolute atomic E-state index is 13.4. The first-order valence-electron chi connectivity index (χ1n) is 9.59. The van der Waals surface area contributed by atoms with Crippen molar-refractivity contribution in [3.8, 4) is 0 Å². The van der Waals surface area contributed by atoms with Gasteiger partial charge in [0.25, 0.3) is 0 Å². The molecule has 1 aliphatic heterocycles. The van der Waals surface area contributed by atoms with Crippen LogP contribution >= 0.6 is 0 Å². The highest BCUT2D eigenvalue weighted by molar-refractivity contribution is 6.00. The number of urea groups is 1. The van der Waals surface area contributed by atoms with E-state index >= 15 is 0 Å². The van der Waals surface area contributed by atoms with Crippen molar-refractivity contribution in [1.82, 2.24) is 10.2 Å². The number of rotatable bonds is 4. The maximum atomic E-state index is 13.4. The van der Waals surface area contributed by atoms with Gasteiger partial charge in [0.05, 0.1) is 31.5 Å². The van der Waals surface area contributed by atoms with Gasteiger partial charge in [0.2, 0.25) is 0 Å². The van der Waals surface area contributed by atoms with Crippen LogP contribution in [0.5, 0.6) is 0 Å². The molecule has 30 heavy (non-hydrogen) atoms. The molecular weight excluding hydrogens is 382 g/mol. The predicted molar refractivity (Wildman–Crippen MR) is 114 cm³/mol. The number of hydrogen-bond donors (Lipinski definition) is 1. The standard InChI is InChI=1S/C23H25N3O4/c1-15(17-11-7-5-8-12-17)24-22(28)26-20(18-13-9-6-10-14-18)19(21(27)29-3)16(2)25-23(26)30-4/h5-15,20H,1-4H3,(H,24,28)/t15-,20?/m0/s1. The van der Waals surface area contributed by atoms with Gasteiger partial charge in [0, 0.05) is 0 Å². The highest BCUT2D eigenvalue weighted by Crippen LogP contribution is 2.36. The fraction of sp³-hybridized carbons (Fsp3) is 0.261. The number of methoxy groups -OCH3 is 2. The number of esters is 1. The van der Waals surface area contributed by atoms with Crippen LogP contribution in [0.1, 0.15) is 37.1 Å². The zero-order chi connectivity index (χ0) is 21.7. The van der Waals surface area contributed by atoms with Gasteiger partial charge in [-0.1, -0.05) is 60.7 Å². The summed E-state index contributed by atoms with van der Waals surface area (Å²) in [5.41, 5.74) is 2.42. The topological polar surface area (TPSA) is 80.2 Å². The molecule has 1 N–H and O–H groups in total. The van der Waals surface area contributed by atoms with Crippen LogP contribution in [0.3, 0.4) is 0 Å². The molecule has 0 radical (unpaired) electrons. The monoisotopic (exact) mass is 407 g/mol. The molecule has 2 aromatic rings. The van der Waals surface area contributed by atoms with Gasteiger partial charge < -0.3 is 14.8 Å². The van der Waals surface area contributed by atoms with Crippen molar-refractivity contribution in [2.75, 3.05) is 14.2 Å². The molecule has 7 nitrogen and oxygen atoms in total. The summed E-state index contributed by atoms with van der Waals surface area (Å²) in [6.45, 7) is 3.59. The Bertz CT molecular complexity index is 970. The lowest BCUT2D eigenvalue weighted by Gasteiger charge is -2.36. The van der Waals surface area contributed by atoms with Crippen molar-refractivity contribution in [3.05, 3.63) is 83.1 Å². The number of nitrogens with zero attached hydrogens (tertiary/aromatic N) is 2. The third-order valence-electron chi connectivity index (χ3n) is 4.95. The number of carbonyl (C=O) groups excluding carboxylic acids is 2. The Balaban J connectivity index is 2.04. The highest BCUT2D eigenvalue weighted by atomic mass is 16.5. The number of hydrogen-bond acceptors (Lipinski definition) is 5. The van der Waals surface area contributed by atoms with E-state index in [9.17, 15) is 9.59 Å². The Morgan fingerprint density at radius 1 is 1.03 bits per heavy atom. The third kappa shape index (κ3) is 4.20. The molecule has 1 heterocycles. The summed E-state index contributed by atoms with van der Waals surface area (Å²) in [5.74, 6) is -0.547. The molecule has 156 valence electrons. The number of carbonyl (C=O) groups is 2. The van der Waals surface area contributed by atoms with E-state index in [1.807, 2.05) is 67.6 Å². The SMILES string of the molecule is COC(=O)C1=C(C)N=C(OC)N(C(=O)N[C@@H](C)c2ccccc2)C1c1ccccc1. The molecule has 2 atom stereocenters. The van der Waals surface area contributed by atoms with Gasteiger partial charge in [0.15, 0.2) is 0 Å². The summed E-state index contributed by atoms with van der Waals surface area (Å²) >= 11 is 0. The van der Waals surface area contributed by atoms with Crippen LogP contribution in [-0.4, -0.2) is 37.1 Å². The number of benzene rings is 2. The Morgan fingerprint density at radius 2 is 1.63 bits per heavy atom. The van der Waals surface area contributed by atoms with Gasteiger partial charge >= 0.3 is 18.0 Å². The summed E-state index contributed by atoms with van der Waals surface area (Å²) in [4.78, 5) is 31.7. The largest absolute Gasteiger partial charge is 0.468 e. The number of amides is 2. The minimum absolute atomic E-state index is 0.103. The fourth-order valence-electron chi connectivity index (χ4n) is 3.44. The van der Waals surface area contributed by atoms with E-state index in [0.29, 0.717) is 5.70 Å². The molecule has 0 spiro atoms. The molecule has 1 unspecified atom stereocenters. The molecule has 2 aromatic carbocycles. The lowest BCUT2D eigenvalue weighted by atomic mass is 9.94. The van der Waals surface area contributed by atoms with Crippen molar-refractivity contribution in [2.24, 2.45) is 4.99 Å². The average molecular weight is 407 g/mol. The van der Waals surface area contributed by atoms with Crippen LogP contribution in [-0.2, 0) is 14.3 Å². The molecular formula is C23H25N3O4. The predicted octanol–water partition coefficient (Wildman–Crippen LogP) is 3.96. The van der Waals surface area contributed by atoms with Crippen LogP contribution in [0.2, 0.25) is 0 Å². The number of allylic oxidation sites excluding steroid dienone is 1. The van der Waals surface area contributed by atoms with E-state index in [-0.39, 0.29) is 17.6 Å². The fourth-order valence-corrected chi connectivity index (χ4v) is 3.44. The molecule has 0 fully saturated rings. The number of aliphatic imine (C=N–C) groups is 1. The molecule has 0 aliphatic carbocycles. The number of amidine groups is 1. The summed E-state index contributed by atoms with van der Waals surface area (Å²) < 4.78 is 10.4. The molecule has 3 rings (SSSR count). The Hall–Kier alpha value is -3.61. The van der Waals surface area contributed by atoms with Crippen LogP contribution in [0.25, 0.3) is 0 Å². The zero-order valence-electron chi connectivity index (χ0n) is 17.5. The zero-order valence-corrected chi connectivity index (χ0v) is 17.5. The lowest BCUT2D eigenvalue weighted by Crippen LogP contribution is -2.50. The molecule has 0 bridgehead atoms. The van der Waals surface area contributed by atoms with Crippen molar-refractivity contribution in [3.63, 3.8) is 0 Å². The van der Waals surface area contributed by atoms with Crippen molar-refractivity contribution < 1.29 is 19.1 Å². The van der Waals surface area contributed by atoms with Gasteiger partial charge in [-0.25, -0.2) is 19.5 Å². The normalized spacial score (nSPS) is 17.1. The summed E-state index contributed by atoms with van der Waals surface area (Å²) in [5, 5.41) is 2.97. The second kappa shape index (κ2) is 9.26. The Kier molecular flexibility index (Phi) is 6.51. The molecule has 2 amide bonds. The Morgan fingerprint density at radius 3 is 2.20 bits per heavy atom. The van der Waals surface area contributed by atoms with Crippen LogP contribution in [0.15, 0.2) is 76.9 Å². The minimum Gasteiger partial charge on any atom is -0.468 e. The summed E-state index contributed by atoms with van der Waals surface area (Å²) in [6.07, 6.45) is 0. The second-order valence-electron chi connectivity index (χ2n) is 6.85. The number of ether oxygens (including phenoxy) is 2. The molecule has 1 aliphatic rings. The first-order valence-corrected chi connectivity index (χ1v) is 9.59. The lowest BCUT2D eigenvalue weighted by molar-refractivity contribution is -0.136. The smallest absolute Gasteiger partial charge is 0.338 e. The highest BCUT2D eigenvalue weighted by Gasteiger charge is 2.41. The van der Waals surface area contributed by atoms with E-state index in [4.69, 9.17) is 9.47 Å². The van der Waals surface area contributed by atoms with E-state index in [1.54, 1.807) is 6.92 Å². The van der Waals surface area contributed by atoms with E-state index in [0.717, 1.165) is 11.1 Å². The van der Waals surface area contributed by atoms with E-state index in [1.165, 1.54) is 19.1 Å². The molecule has 0 saturated carbocycles. The Labute approximate surface area is 176 Å². The summed E-state index contributed by atoms with van der Waals surface area (Å²) in [7, 11) is 2.75. The van der Waals surface area contributed by atoms with Gasteiger partial charge in [-0.05, 0) is 25.0 Å². The van der Waals surface area contributed by atoms with Crippen LogP contribution < -0.4 is 5.32 Å². The van der Waals surface area contributed by atoms with Crippen molar-refractivity contribution in [2.45, 2.75) is 25.9 Å². The van der Waals surface area contributed by atoms with Crippen molar-refractivity contribution >= 4 is 18.0 Å². The first kappa shape index (κ1) is 21.1. The third-order valence-corrected chi connectivity index (χ3v) is 4.95. The average Bonchev–Trinajstić information content (AvgIpc) is 2.78. The van der Waals surface area contributed by atoms with E-state index < -0.39 is 18.0 Å². The van der Waals surface area contributed by atoms with Gasteiger partial charge in [-0.2, -0.15) is 0 Å². The van der Waals surface area contributed by atoms with E-state index in [2.05, 4.69) is 10.3 Å². The first-order chi connectivity index (χ1) is 14.5. The molecule has 0 saturated heterocycles. The van der Waals surface area contributed by atoms with Gasteiger partial charge in [0.1, 0.15) is 6.04 Å². The number of nitrogens with one attached hydrogen (secondary N) is 1.